The van der Waals surface area contributed by atoms with Crippen molar-refractivity contribution in [3.05, 3.63) is 0 Å². The molecule has 0 aliphatic heterocycles. The Morgan fingerprint density at radius 3 is 2.17 bits per heavy atom. The molecule has 2 nitrogen and oxygen atoms in total. The molecule has 0 atom stereocenters. The van der Waals surface area contributed by atoms with Gasteiger partial charge >= 0.3 is 0 Å². The highest BCUT2D eigenvalue weighted by Gasteiger charge is 2.27. The van der Waals surface area contributed by atoms with Crippen molar-refractivity contribution in [1.29, 1.82) is 0 Å². The fraction of sp³-hybridized carbons (Fsp3) is 1.00. The minimum absolute atomic E-state index is 0. The summed E-state index contributed by atoms with van der Waals surface area (Å²) < 4.78 is 0. The summed E-state index contributed by atoms with van der Waals surface area (Å²) >= 11 is 0. The predicted molar refractivity (Wildman–Crippen MR) is 58.4 cm³/mol. The van der Waals surface area contributed by atoms with Crippen LogP contribution < -0.4 is 5.73 Å². The first-order valence-electron chi connectivity index (χ1n) is 4.32. The van der Waals surface area contributed by atoms with Crippen molar-refractivity contribution in [1.82, 2.24) is 4.90 Å². The van der Waals surface area contributed by atoms with Crippen molar-refractivity contribution in [2.45, 2.75) is 32.2 Å². The molecule has 1 rings (SSSR count). The van der Waals surface area contributed by atoms with Crippen molar-refractivity contribution in [3.8, 4) is 0 Å². The topological polar surface area (TPSA) is 29.3 Å². The molecule has 4 heteroatoms. The molecular weight excluding hydrogens is 195 g/mol. The van der Waals surface area contributed by atoms with Crippen molar-refractivity contribution in [2.24, 2.45) is 5.73 Å². The van der Waals surface area contributed by atoms with E-state index in [1.807, 2.05) is 0 Å². The number of hydrogen-bond acceptors (Lipinski definition) is 2. The fourth-order valence-corrected chi connectivity index (χ4v) is 1.37. The van der Waals surface area contributed by atoms with Crippen LogP contribution in [-0.2, 0) is 0 Å². The maximum absolute atomic E-state index is 5.48. The molecule has 0 spiro atoms. The number of rotatable bonds is 5. The highest BCUT2D eigenvalue weighted by Crippen LogP contribution is 2.26. The van der Waals surface area contributed by atoms with Crippen LogP contribution >= 0.6 is 24.8 Å². The first-order chi connectivity index (χ1) is 4.88. The van der Waals surface area contributed by atoms with E-state index in [9.17, 15) is 0 Å². The largest absolute Gasteiger partial charge is 0.329 e. The summed E-state index contributed by atoms with van der Waals surface area (Å²) in [6, 6.07) is 0.892. The van der Waals surface area contributed by atoms with Crippen LogP contribution in [0.2, 0.25) is 0 Å². The summed E-state index contributed by atoms with van der Waals surface area (Å²) in [6.07, 6.45) is 4.07. The van der Waals surface area contributed by atoms with E-state index in [4.69, 9.17) is 5.73 Å². The Bertz CT molecular complexity index is 91.1. The van der Waals surface area contributed by atoms with E-state index in [-0.39, 0.29) is 24.8 Å². The number of hydrogen-bond donors (Lipinski definition) is 1. The smallest absolute Gasteiger partial charge is 0.0108 e. The third-order valence-corrected chi connectivity index (χ3v) is 1.99. The lowest BCUT2D eigenvalue weighted by atomic mass is 10.4. The van der Waals surface area contributed by atoms with Crippen LogP contribution in [0.3, 0.4) is 0 Å². The molecule has 76 valence electrons. The third-order valence-electron chi connectivity index (χ3n) is 1.99. The van der Waals surface area contributed by atoms with E-state index < -0.39 is 0 Å². The van der Waals surface area contributed by atoms with Crippen molar-refractivity contribution in [3.63, 3.8) is 0 Å². The van der Waals surface area contributed by atoms with Crippen LogP contribution in [0.4, 0.5) is 0 Å². The number of nitrogens with zero attached hydrogens (tertiary/aromatic N) is 1. The van der Waals surface area contributed by atoms with E-state index in [2.05, 4.69) is 11.8 Å². The Morgan fingerprint density at radius 1 is 1.25 bits per heavy atom. The molecule has 1 aliphatic carbocycles. The summed E-state index contributed by atoms with van der Waals surface area (Å²) in [5.74, 6) is 0. The van der Waals surface area contributed by atoms with Gasteiger partial charge in [0.05, 0.1) is 0 Å². The minimum atomic E-state index is 0. The maximum atomic E-state index is 5.48. The monoisotopic (exact) mass is 214 g/mol. The van der Waals surface area contributed by atoms with E-state index in [1.54, 1.807) is 0 Å². The van der Waals surface area contributed by atoms with Gasteiger partial charge in [-0.3, -0.25) is 4.90 Å². The van der Waals surface area contributed by atoms with Gasteiger partial charge in [0.1, 0.15) is 0 Å². The Hall–Kier alpha value is 0.500. The summed E-state index contributed by atoms with van der Waals surface area (Å²) in [7, 11) is 0. The van der Waals surface area contributed by atoms with E-state index in [0.29, 0.717) is 0 Å². The predicted octanol–water partition coefficient (Wildman–Crippen LogP) is 1.66. The van der Waals surface area contributed by atoms with Crippen LogP contribution in [0.15, 0.2) is 0 Å². The fourth-order valence-electron chi connectivity index (χ4n) is 1.37. The second kappa shape index (κ2) is 8.11. The molecule has 0 aromatic carbocycles. The third kappa shape index (κ3) is 5.20. The van der Waals surface area contributed by atoms with E-state index in [1.165, 1.54) is 25.8 Å². The molecular formula is C8H20Cl2N2. The molecule has 0 radical (unpaired) electrons. The molecule has 0 aromatic heterocycles. The summed E-state index contributed by atoms with van der Waals surface area (Å²) in [4.78, 5) is 2.51. The molecule has 0 aromatic rings. The second-order valence-corrected chi connectivity index (χ2v) is 3.06. The Morgan fingerprint density at radius 2 is 1.83 bits per heavy atom. The standard InChI is InChI=1S/C8H18N2.2ClH/c1-2-6-10(7-5-9)8-3-4-8;;/h8H,2-7,9H2,1H3;2*1H. The Balaban J connectivity index is 0. The first-order valence-corrected chi connectivity index (χ1v) is 4.32. The molecule has 0 unspecified atom stereocenters. The lowest BCUT2D eigenvalue weighted by Gasteiger charge is -2.19. The van der Waals surface area contributed by atoms with E-state index >= 15 is 0 Å². The van der Waals surface area contributed by atoms with Gasteiger partial charge in [-0.15, -0.1) is 24.8 Å². The molecule has 1 saturated carbocycles. The molecule has 1 fully saturated rings. The van der Waals surface area contributed by atoms with Gasteiger partial charge < -0.3 is 5.73 Å². The van der Waals surface area contributed by atoms with Crippen LogP contribution in [-0.4, -0.2) is 30.6 Å². The molecule has 2 N–H and O–H groups in total. The van der Waals surface area contributed by atoms with Gasteiger partial charge in [-0.25, -0.2) is 0 Å². The minimum Gasteiger partial charge on any atom is -0.329 e. The van der Waals surface area contributed by atoms with Crippen LogP contribution in [0.1, 0.15) is 26.2 Å². The molecule has 0 heterocycles. The molecule has 0 amide bonds. The van der Waals surface area contributed by atoms with Crippen LogP contribution in [0.5, 0.6) is 0 Å². The first kappa shape index (κ1) is 15.0. The van der Waals surface area contributed by atoms with Gasteiger partial charge in [0, 0.05) is 19.1 Å². The maximum Gasteiger partial charge on any atom is 0.0108 e. The zero-order chi connectivity index (χ0) is 7.40. The second-order valence-electron chi connectivity index (χ2n) is 3.06. The number of nitrogens with two attached hydrogens (primary N) is 1. The van der Waals surface area contributed by atoms with Crippen molar-refractivity contribution >= 4 is 24.8 Å². The van der Waals surface area contributed by atoms with Gasteiger partial charge in [-0.05, 0) is 25.8 Å². The summed E-state index contributed by atoms with van der Waals surface area (Å²) in [5.41, 5.74) is 5.48. The van der Waals surface area contributed by atoms with Crippen LogP contribution in [0.25, 0.3) is 0 Å². The van der Waals surface area contributed by atoms with Gasteiger partial charge in [0.15, 0.2) is 0 Å². The highest BCUT2D eigenvalue weighted by atomic mass is 35.5. The lowest BCUT2D eigenvalue weighted by Crippen LogP contribution is -2.32. The van der Waals surface area contributed by atoms with Crippen molar-refractivity contribution < 1.29 is 0 Å². The zero-order valence-corrected chi connectivity index (χ0v) is 9.29. The molecule has 1 aliphatic rings. The quantitative estimate of drug-likeness (QED) is 0.755. The highest BCUT2D eigenvalue weighted by molar-refractivity contribution is 5.85. The molecule has 12 heavy (non-hydrogen) atoms. The Kier molecular flexibility index (Phi) is 10.1. The van der Waals surface area contributed by atoms with Gasteiger partial charge in [0.2, 0.25) is 0 Å². The molecule has 0 saturated heterocycles. The van der Waals surface area contributed by atoms with E-state index in [0.717, 1.165) is 19.1 Å². The number of halogens is 2. The summed E-state index contributed by atoms with van der Waals surface area (Å²) in [6.45, 7) is 5.38. The lowest BCUT2D eigenvalue weighted by molar-refractivity contribution is 0.271. The SMILES string of the molecule is CCCN(CCN)C1CC1.Cl.Cl. The average molecular weight is 215 g/mol. The van der Waals surface area contributed by atoms with Gasteiger partial charge in [-0.1, -0.05) is 6.92 Å². The van der Waals surface area contributed by atoms with Crippen LogP contribution in [0, 0.1) is 0 Å². The van der Waals surface area contributed by atoms with Crippen molar-refractivity contribution in [2.75, 3.05) is 19.6 Å². The zero-order valence-electron chi connectivity index (χ0n) is 7.66. The summed E-state index contributed by atoms with van der Waals surface area (Å²) in [5, 5.41) is 0. The molecule has 0 bridgehead atoms. The van der Waals surface area contributed by atoms with Gasteiger partial charge in [0.25, 0.3) is 0 Å². The normalized spacial score (nSPS) is 15.2. The average Bonchev–Trinajstić information content (AvgIpc) is 2.69. The van der Waals surface area contributed by atoms with Gasteiger partial charge in [-0.2, -0.15) is 0 Å². The Labute approximate surface area is 87.7 Å².